The van der Waals surface area contributed by atoms with Crippen molar-refractivity contribution in [3.8, 4) is 5.75 Å². The van der Waals surface area contributed by atoms with E-state index < -0.39 is 0 Å². The van der Waals surface area contributed by atoms with Gasteiger partial charge in [0, 0.05) is 44.8 Å². The molecule has 5 heteroatoms. The van der Waals surface area contributed by atoms with E-state index in [0.717, 1.165) is 51.4 Å². The summed E-state index contributed by atoms with van der Waals surface area (Å²) >= 11 is 0. The first kappa shape index (κ1) is 19.6. The molecule has 25 heavy (non-hydrogen) atoms. The summed E-state index contributed by atoms with van der Waals surface area (Å²) in [4.78, 5) is 16.5. The summed E-state index contributed by atoms with van der Waals surface area (Å²) in [5.41, 5.74) is 1.21. The van der Waals surface area contributed by atoms with Gasteiger partial charge in [-0.05, 0) is 32.3 Å². The molecular formula is C20H33N3O2. The van der Waals surface area contributed by atoms with Crippen molar-refractivity contribution in [2.24, 2.45) is 5.92 Å². The first-order chi connectivity index (χ1) is 12.0. The Kier molecular flexibility index (Phi) is 7.56. The van der Waals surface area contributed by atoms with Crippen molar-refractivity contribution in [3.63, 3.8) is 0 Å². The molecule has 0 radical (unpaired) electrons. The number of ether oxygens (including phenoxy) is 1. The summed E-state index contributed by atoms with van der Waals surface area (Å²) in [5.74, 6) is 1.58. The lowest BCUT2D eigenvalue weighted by atomic mass is 10.1. The summed E-state index contributed by atoms with van der Waals surface area (Å²) < 4.78 is 5.91. The van der Waals surface area contributed by atoms with Crippen LogP contribution in [0.2, 0.25) is 0 Å². The van der Waals surface area contributed by atoms with E-state index in [4.69, 9.17) is 4.74 Å². The molecule has 0 unspecified atom stereocenters. The van der Waals surface area contributed by atoms with Crippen molar-refractivity contribution in [3.05, 3.63) is 29.8 Å². The lowest BCUT2D eigenvalue weighted by Crippen LogP contribution is -2.51. The Labute approximate surface area is 152 Å². The monoisotopic (exact) mass is 347 g/mol. The van der Waals surface area contributed by atoms with E-state index in [1.165, 1.54) is 5.56 Å². The smallest absolute Gasteiger partial charge is 0.317 e. The van der Waals surface area contributed by atoms with Gasteiger partial charge in [0.15, 0.2) is 0 Å². The summed E-state index contributed by atoms with van der Waals surface area (Å²) in [7, 11) is 0. The van der Waals surface area contributed by atoms with Gasteiger partial charge in [-0.3, -0.25) is 4.90 Å². The lowest BCUT2D eigenvalue weighted by Gasteiger charge is -2.35. The molecule has 0 atom stereocenters. The number of rotatable bonds is 7. The van der Waals surface area contributed by atoms with Gasteiger partial charge in [0.1, 0.15) is 5.75 Å². The molecule has 1 heterocycles. The minimum Gasteiger partial charge on any atom is -0.491 e. The number of amides is 2. The van der Waals surface area contributed by atoms with Crippen LogP contribution < -0.4 is 10.1 Å². The van der Waals surface area contributed by atoms with Crippen LogP contribution in [0.4, 0.5) is 4.79 Å². The normalized spacial score (nSPS) is 15.7. The first-order valence-electron chi connectivity index (χ1n) is 9.45. The van der Waals surface area contributed by atoms with Crippen LogP contribution >= 0.6 is 0 Å². The number of hydrogen-bond acceptors (Lipinski definition) is 3. The Morgan fingerprint density at radius 2 is 1.80 bits per heavy atom. The number of piperazine rings is 1. The number of hydrogen-bond donors (Lipinski definition) is 1. The number of nitrogens with zero attached hydrogens (tertiary/aromatic N) is 2. The predicted octanol–water partition coefficient (Wildman–Crippen LogP) is 3.35. The Morgan fingerprint density at radius 3 is 2.44 bits per heavy atom. The molecule has 0 aliphatic carbocycles. The second kappa shape index (κ2) is 9.66. The van der Waals surface area contributed by atoms with Crippen LogP contribution in [-0.2, 0) is 6.54 Å². The van der Waals surface area contributed by atoms with Gasteiger partial charge in [0.25, 0.3) is 0 Å². The fourth-order valence-corrected chi connectivity index (χ4v) is 2.93. The van der Waals surface area contributed by atoms with Gasteiger partial charge in [-0.25, -0.2) is 4.79 Å². The van der Waals surface area contributed by atoms with Gasteiger partial charge in [-0.1, -0.05) is 32.0 Å². The highest BCUT2D eigenvalue weighted by molar-refractivity contribution is 5.74. The van der Waals surface area contributed by atoms with Gasteiger partial charge < -0.3 is 15.0 Å². The zero-order valence-corrected chi connectivity index (χ0v) is 16.1. The Morgan fingerprint density at radius 1 is 1.12 bits per heavy atom. The maximum atomic E-state index is 12.2. The summed E-state index contributed by atoms with van der Waals surface area (Å²) in [6, 6.07) is 8.31. The molecule has 1 aromatic rings. The average molecular weight is 348 g/mol. The fraction of sp³-hybridized carbons (Fsp3) is 0.650. The van der Waals surface area contributed by atoms with Crippen molar-refractivity contribution >= 4 is 6.03 Å². The standard InChI is InChI=1S/C20H33N3O2/c1-16(2)9-10-21-20(24)23-13-11-22(12-14-23)15-18-7-5-6-8-19(18)25-17(3)4/h5-8,16-17H,9-15H2,1-4H3,(H,21,24). The molecule has 5 nitrogen and oxygen atoms in total. The lowest BCUT2D eigenvalue weighted by molar-refractivity contribution is 0.133. The van der Waals surface area contributed by atoms with Crippen LogP contribution in [-0.4, -0.2) is 54.7 Å². The van der Waals surface area contributed by atoms with Crippen molar-refractivity contribution in [2.45, 2.75) is 46.8 Å². The van der Waals surface area contributed by atoms with E-state index in [-0.39, 0.29) is 12.1 Å². The highest BCUT2D eigenvalue weighted by Crippen LogP contribution is 2.21. The maximum absolute atomic E-state index is 12.2. The molecule has 2 amide bonds. The highest BCUT2D eigenvalue weighted by Gasteiger charge is 2.21. The molecule has 1 aromatic carbocycles. The molecule has 1 saturated heterocycles. The van der Waals surface area contributed by atoms with Crippen LogP contribution in [0.1, 0.15) is 39.7 Å². The van der Waals surface area contributed by atoms with Crippen LogP contribution in [0.25, 0.3) is 0 Å². The summed E-state index contributed by atoms with van der Waals surface area (Å²) in [6.45, 7) is 13.4. The van der Waals surface area contributed by atoms with Crippen molar-refractivity contribution < 1.29 is 9.53 Å². The quantitative estimate of drug-likeness (QED) is 0.823. The Hall–Kier alpha value is -1.75. The van der Waals surface area contributed by atoms with Crippen LogP contribution in [0.3, 0.4) is 0 Å². The number of carbonyl (C=O) groups is 1. The first-order valence-corrected chi connectivity index (χ1v) is 9.45. The van der Waals surface area contributed by atoms with E-state index in [9.17, 15) is 4.79 Å². The van der Waals surface area contributed by atoms with Crippen LogP contribution in [0.15, 0.2) is 24.3 Å². The topological polar surface area (TPSA) is 44.8 Å². The number of benzene rings is 1. The Bertz CT molecular complexity index is 537. The van der Waals surface area contributed by atoms with Crippen LogP contribution in [0.5, 0.6) is 5.75 Å². The zero-order valence-electron chi connectivity index (χ0n) is 16.1. The SMILES string of the molecule is CC(C)CCNC(=O)N1CCN(Cc2ccccc2OC(C)C)CC1. The maximum Gasteiger partial charge on any atom is 0.317 e. The highest BCUT2D eigenvalue weighted by atomic mass is 16.5. The van der Waals surface area contributed by atoms with Gasteiger partial charge in [0.05, 0.1) is 6.10 Å². The number of nitrogens with one attached hydrogen (secondary N) is 1. The van der Waals surface area contributed by atoms with Gasteiger partial charge in [-0.15, -0.1) is 0 Å². The van der Waals surface area contributed by atoms with E-state index in [1.54, 1.807) is 0 Å². The number of carbonyl (C=O) groups excluding carboxylic acids is 1. The molecule has 1 fully saturated rings. The third-order valence-electron chi connectivity index (χ3n) is 4.39. The largest absolute Gasteiger partial charge is 0.491 e. The molecule has 1 aliphatic rings. The van der Waals surface area contributed by atoms with Crippen molar-refractivity contribution in [1.82, 2.24) is 15.1 Å². The molecule has 2 rings (SSSR count). The van der Waals surface area contributed by atoms with Gasteiger partial charge in [0.2, 0.25) is 0 Å². The molecule has 0 spiro atoms. The number of para-hydroxylation sites is 1. The van der Waals surface area contributed by atoms with Crippen LogP contribution in [0, 0.1) is 5.92 Å². The van der Waals surface area contributed by atoms with E-state index in [2.05, 4.69) is 36.2 Å². The molecule has 1 aliphatic heterocycles. The average Bonchev–Trinajstić information content (AvgIpc) is 2.56. The molecular weight excluding hydrogens is 314 g/mol. The predicted molar refractivity (Wildman–Crippen MR) is 102 cm³/mol. The van der Waals surface area contributed by atoms with E-state index in [1.807, 2.05) is 30.9 Å². The van der Waals surface area contributed by atoms with Gasteiger partial charge >= 0.3 is 6.03 Å². The zero-order chi connectivity index (χ0) is 18.2. The second-order valence-corrected chi connectivity index (χ2v) is 7.45. The molecule has 140 valence electrons. The molecule has 1 N–H and O–H groups in total. The van der Waals surface area contributed by atoms with Gasteiger partial charge in [-0.2, -0.15) is 0 Å². The minimum absolute atomic E-state index is 0.0730. The molecule has 0 saturated carbocycles. The molecule has 0 bridgehead atoms. The third-order valence-corrected chi connectivity index (χ3v) is 4.39. The van der Waals surface area contributed by atoms with E-state index in [0.29, 0.717) is 5.92 Å². The minimum atomic E-state index is 0.0730. The van der Waals surface area contributed by atoms with E-state index >= 15 is 0 Å². The van der Waals surface area contributed by atoms with Crippen molar-refractivity contribution in [2.75, 3.05) is 32.7 Å². The Balaban J connectivity index is 1.80. The summed E-state index contributed by atoms with van der Waals surface area (Å²) in [6.07, 6.45) is 1.20. The van der Waals surface area contributed by atoms with Crippen molar-refractivity contribution in [1.29, 1.82) is 0 Å². The molecule has 0 aromatic heterocycles. The fourth-order valence-electron chi connectivity index (χ4n) is 2.93. The second-order valence-electron chi connectivity index (χ2n) is 7.45. The number of urea groups is 1. The summed E-state index contributed by atoms with van der Waals surface area (Å²) in [5, 5.41) is 3.03. The third kappa shape index (κ3) is 6.58.